The molecule has 0 saturated heterocycles. The summed E-state index contributed by atoms with van der Waals surface area (Å²) in [5.41, 5.74) is -0.918. The van der Waals surface area contributed by atoms with E-state index in [1.54, 1.807) is 4.90 Å². The van der Waals surface area contributed by atoms with E-state index in [4.69, 9.17) is 0 Å². The number of nitrogens with one attached hydrogen (secondary N) is 1. The number of nitrogens with zero attached hydrogens (tertiary/aromatic N) is 1. The SMILES string of the molecule is CCCCCCCCCCCCCNC1(C(=O)O)CC=CN1C. The molecule has 1 unspecified atom stereocenters. The van der Waals surface area contributed by atoms with Gasteiger partial charge in [-0.3, -0.25) is 5.32 Å². The van der Waals surface area contributed by atoms with E-state index in [0.717, 1.165) is 13.0 Å². The minimum atomic E-state index is -0.918. The number of carbonyl (C=O) groups is 1. The van der Waals surface area contributed by atoms with Crippen molar-refractivity contribution in [1.82, 2.24) is 10.2 Å². The molecule has 0 fully saturated rings. The van der Waals surface area contributed by atoms with Crippen LogP contribution >= 0.6 is 0 Å². The van der Waals surface area contributed by atoms with Gasteiger partial charge in [0.15, 0.2) is 5.66 Å². The van der Waals surface area contributed by atoms with Crippen molar-refractivity contribution < 1.29 is 9.90 Å². The number of unbranched alkanes of at least 4 members (excludes halogenated alkanes) is 10. The highest BCUT2D eigenvalue weighted by Gasteiger charge is 2.42. The lowest BCUT2D eigenvalue weighted by Gasteiger charge is -2.33. The van der Waals surface area contributed by atoms with E-state index in [0.29, 0.717) is 6.42 Å². The minimum absolute atomic E-state index is 0.539. The van der Waals surface area contributed by atoms with Crippen LogP contribution in [0.3, 0.4) is 0 Å². The number of hydrogen-bond acceptors (Lipinski definition) is 3. The van der Waals surface area contributed by atoms with Gasteiger partial charge < -0.3 is 10.0 Å². The molecule has 0 radical (unpaired) electrons. The Bertz CT molecular complexity index is 357. The number of aliphatic carboxylic acids is 1. The predicted octanol–water partition coefficient (Wildman–Crippen LogP) is 4.52. The molecular weight excluding hydrogens is 288 g/mol. The van der Waals surface area contributed by atoms with Crippen LogP contribution in [0.15, 0.2) is 12.3 Å². The third-order valence-electron chi connectivity index (χ3n) is 4.90. The van der Waals surface area contributed by atoms with Crippen LogP contribution in [0.2, 0.25) is 0 Å². The van der Waals surface area contributed by atoms with Gasteiger partial charge in [0.2, 0.25) is 0 Å². The molecule has 0 bridgehead atoms. The van der Waals surface area contributed by atoms with Gasteiger partial charge in [0.05, 0.1) is 0 Å². The molecule has 1 atom stereocenters. The molecule has 0 spiro atoms. The first-order valence-corrected chi connectivity index (χ1v) is 9.51. The second kappa shape index (κ2) is 11.5. The van der Waals surface area contributed by atoms with Gasteiger partial charge in [-0.15, -0.1) is 0 Å². The Morgan fingerprint density at radius 1 is 1.04 bits per heavy atom. The van der Waals surface area contributed by atoms with Crippen molar-refractivity contribution in [3.8, 4) is 0 Å². The zero-order chi connectivity index (χ0) is 17.0. The van der Waals surface area contributed by atoms with Gasteiger partial charge in [0.1, 0.15) is 0 Å². The second-order valence-electron chi connectivity index (χ2n) is 6.83. The average Bonchev–Trinajstić information content (AvgIpc) is 2.90. The first-order valence-electron chi connectivity index (χ1n) is 9.51. The number of hydrogen-bond donors (Lipinski definition) is 2. The first-order chi connectivity index (χ1) is 11.1. The second-order valence-corrected chi connectivity index (χ2v) is 6.83. The summed E-state index contributed by atoms with van der Waals surface area (Å²) in [6.45, 7) is 3.03. The van der Waals surface area contributed by atoms with E-state index in [-0.39, 0.29) is 0 Å². The minimum Gasteiger partial charge on any atom is -0.478 e. The highest BCUT2D eigenvalue weighted by molar-refractivity contribution is 5.79. The van der Waals surface area contributed by atoms with Crippen molar-refractivity contribution in [2.75, 3.05) is 13.6 Å². The lowest BCUT2D eigenvalue weighted by atomic mass is 10.1. The Morgan fingerprint density at radius 2 is 1.57 bits per heavy atom. The summed E-state index contributed by atoms with van der Waals surface area (Å²) in [6, 6.07) is 0. The average molecular weight is 325 g/mol. The zero-order valence-corrected chi connectivity index (χ0v) is 15.1. The number of carboxylic acid groups (broad SMARTS) is 1. The van der Waals surface area contributed by atoms with Crippen LogP contribution in [-0.2, 0) is 4.79 Å². The molecule has 134 valence electrons. The molecule has 0 aromatic carbocycles. The summed E-state index contributed by atoms with van der Waals surface area (Å²) in [4.78, 5) is 13.3. The number of rotatable bonds is 14. The van der Waals surface area contributed by atoms with Crippen LogP contribution in [0, 0.1) is 0 Å². The maximum Gasteiger partial charge on any atom is 0.345 e. The van der Waals surface area contributed by atoms with E-state index in [1.165, 1.54) is 64.2 Å². The highest BCUT2D eigenvalue weighted by Crippen LogP contribution is 2.23. The topological polar surface area (TPSA) is 52.6 Å². The maximum atomic E-state index is 11.5. The van der Waals surface area contributed by atoms with Gasteiger partial charge in [0.25, 0.3) is 0 Å². The molecule has 4 heteroatoms. The monoisotopic (exact) mass is 324 g/mol. The smallest absolute Gasteiger partial charge is 0.345 e. The van der Waals surface area contributed by atoms with E-state index < -0.39 is 11.6 Å². The molecule has 1 aliphatic rings. The fraction of sp³-hybridized carbons (Fsp3) is 0.842. The van der Waals surface area contributed by atoms with E-state index in [1.807, 2.05) is 19.3 Å². The molecule has 1 heterocycles. The molecule has 1 rings (SSSR count). The van der Waals surface area contributed by atoms with Crippen molar-refractivity contribution in [3.63, 3.8) is 0 Å². The van der Waals surface area contributed by atoms with Crippen LogP contribution in [0.25, 0.3) is 0 Å². The molecule has 4 nitrogen and oxygen atoms in total. The molecule has 0 aliphatic carbocycles. The number of carboxylic acids is 1. The third kappa shape index (κ3) is 6.94. The van der Waals surface area contributed by atoms with Crippen LogP contribution in [-0.4, -0.2) is 35.2 Å². The van der Waals surface area contributed by atoms with Gasteiger partial charge >= 0.3 is 5.97 Å². The van der Waals surface area contributed by atoms with Crippen molar-refractivity contribution >= 4 is 5.97 Å². The molecule has 0 amide bonds. The van der Waals surface area contributed by atoms with Gasteiger partial charge in [-0.1, -0.05) is 77.2 Å². The summed E-state index contributed by atoms with van der Waals surface area (Å²) < 4.78 is 0. The Labute approximate surface area is 142 Å². The fourth-order valence-corrected chi connectivity index (χ4v) is 3.25. The van der Waals surface area contributed by atoms with Gasteiger partial charge in [-0.05, 0) is 19.2 Å². The first kappa shape index (κ1) is 20.0. The van der Waals surface area contributed by atoms with Crippen LogP contribution < -0.4 is 5.32 Å². The molecule has 0 aromatic heterocycles. The summed E-state index contributed by atoms with van der Waals surface area (Å²) in [6.07, 6.45) is 18.8. The molecule has 23 heavy (non-hydrogen) atoms. The van der Waals surface area contributed by atoms with E-state index >= 15 is 0 Å². The van der Waals surface area contributed by atoms with Crippen molar-refractivity contribution in [2.24, 2.45) is 0 Å². The zero-order valence-electron chi connectivity index (χ0n) is 15.1. The van der Waals surface area contributed by atoms with Gasteiger partial charge in [-0.2, -0.15) is 0 Å². The Morgan fingerprint density at radius 3 is 2.00 bits per heavy atom. The van der Waals surface area contributed by atoms with Crippen molar-refractivity contribution in [2.45, 2.75) is 89.6 Å². The largest absolute Gasteiger partial charge is 0.478 e. The van der Waals surface area contributed by atoms with Crippen molar-refractivity contribution in [3.05, 3.63) is 12.3 Å². The number of likely N-dealkylation sites (N-methyl/N-ethyl adjacent to an activating group) is 1. The summed E-state index contributed by atoms with van der Waals surface area (Å²) >= 11 is 0. The normalized spacial score (nSPS) is 20.3. The standard InChI is InChI=1S/C19H36N2O2/c1-3-4-5-6-7-8-9-10-11-12-13-16-20-19(18(22)23)15-14-17-21(19)2/h14,17,20H,3-13,15-16H2,1-2H3,(H,22,23). The fourth-order valence-electron chi connectivity index (χ4n) is 3.25. The predicted molar refractivity (Wildman–Crippen MR) is 96.4 cm³/mol. The molecule has 2 N–H and O–H groups in total. The Kier molecular flexibility index (Phi) is 10.0. The van der Waals surface area contributed by atoms with Crippen LogP contribution in [0.5, 0.6) is 0 Å². The van der Waals surface area contributed by atoms with E-state index in [9.17, 15) is 9.90 Å². The highest BCUT2D eigenvalue weighted by atomic mass is 16.4. The summed E-state index contributed by atoms with van der Waals surface area (Å²) in [7, 11) is 1.82. The lowest BCUT2D eigenvalue weighted by Crippen LogP contribution is -2.59. The van der Waals surface area contributed by atoms with Crippen molar-refractivity contribution in [1.29, 1.82) is 0 Å². The Balaban J connectivity index is 1.96. The quantitative estimate of drug-likeness (QED) is 0.461. The maximum absolute atomic E-state index is 11.5. The molecule has 0 saturated carbocycles. The van der Waals surface area contributed by atoms with Crippen LogP contribution in [0.4, 0.5) is 0 Å². The van der Waals surface area contributed by atoms with Gasteiger partial charge in [0, 0.05) is 13.5 Å². The van der Waals surface area contributed by atoms with Gasteiger partial charge in [-0.25, -0.2) is 4.79 Å². The third-order valence-corrected chi connectivity index (χ3v) is 4.90. The van der Waals surface area contributed by atoms with E-state index in [2.05, 4.69) is 12.2 Å². The summed E-state index contributed by atoms with van der Waals surface area (Å²) in [5, 5.41) is 12.7. The molecule has 1 aliphatic heterocycles. The summed E-state index contributed by atoms with van der Waals surface area (Å²) in [5.74, 6) is -0.784. The Hall–Kier alpha value is -1.03. The lowest BCUT2D eigenvalue weighted by molar-refractivity contribution is -0.150. The molecular formula is C19H36N2O2. The molecule has 0 aromatic rings. The van der Waals surface area contributed by atoms with Crippen LogP contribution in [0.1, 0.15) is 84.0 Å².